The van der Waals surface area contributed by atoms with Crippen molar-refractivity contribution in [3.05, 3.63) is 29.8 Å². The van der Waals surface area contributed by atoms with E-state index in [2.05, 4.69) is 39.4 Å². The Labute approximate surface area is 162 Å². The van der Waals surface area contributed by atoms with E-state index >= 15 is 0 Å². The quantitative estimate of drug-likeness (QED) is 0.729. The van der Waals surface area contributed by atoms with Gasteiger partial charge in [-0.05, 0) is 30.7 Å². The monoisotopic (exact) mass is 376 g/mol. The van der Waals surface area contributed by atoms with E-state index in [1.54, 1.807) is 4.90 Å². The molecule has 1 N–H and O–H groups in total. The Balaban J connectivity index is 1.35. The topological polar surface area (TPSA) is 57.3 Å². The molecule has 0 aliphatic carbocycles. The number of anilines is 1. The van der Waals surface area contributed by atoms with Gasteiger partial charge in [0, 0.05) is 52.0 Å². The zero-order valence-electron chi connectivity index (χ0n) is 16.4. The van der Waals surface area contributed by atoms with E-state index in [0.717, 1.165) is 71.1 Å². The average Bonchev–Trinajstić information content (AvgIpc) is 2.73. The summed E-state index contributed by atoms with van der Waals surface area (Å²) in [7, 11) is 1.84. The largest absolute Gasteiger partial charge is 0.379 e. The third-order valence-electron chi connectivity index (χ3n) is 5.11. The van der Waals surface area contributed by atoms with Crippen molar-refractivity contribution in [2.24, 2.45) is 0 Å². The fraction of sp³-hybridized carbons (Fsp3) is 0.650. The van der Waals surface area contributed by atoms with Crippen LogP contribution >= 0.6 is 0 Å². The molecule has 2 aliphatic rings. The molecule has 2 fully saturated rings. The molecule has 27 heavy (non-hydrogen) atoms. The number of benzene rings is 1. The molecule has 3 rings (SSSR count). The Hall–Kier alpha value is -1.83. The van der Waals surface area contributed by atoms with Crippen LogP contribution in [0.3, 0.4) is 0 Å². The fourth-order valence-corrected chi connectivity index (χ4v) is 3.44. The maximum atomic E-state index is 12.3. The molecule has 2 aliphatic heterocycles. The minimum atomic E-state index is -0.0192. The highest BCUT2D eigenvalue weighted by Gasteiger charge is 2.13. The molecule has 0 aromatic heterocycles. The van der Waals surface area contributed by atoms with Crippen molar-refractivity contribution >= 4 is 11.7 Å². The van der Waals surface area contributed by atoms with Gasteiger partial charge in [0.2, 0.25) is 0 Å². The predicted octanol–water partition coefficient (Wildman–Crippen LogP) is 1.39. The maximum Gasteiger partial charge on any atom is 0.317 e. The summed E-state index contributed by atoms with van der Waals surface area (Å²) in [5.74, 6) is 0. The second-order valence-electron chi connectivity index (χ2n) is 7.16. The van der Waals surface area contributed by atoms with E-state index in [4.69, 9.17) is 9.47 Å². The highest BCUT2D eigenvalue weighted by atomic mass is 16.5. The van der Waals surface area contributed by atoms with Gasteiger partial charge in [-0.3, -0.25) is 4.90 Å². The molecule has 0 atom stereocenters. The van der Waals surface area contributed by atoms with Gasteiger partial charge >= 0.3 is 6.03 Å². The lowest BCUT2D eigenvalue weighted by molar-refractivity contribution is 0.0375. The van der Waals surface area contributed by atoms with Gasteiger partial charge in [0.15, 0.2) is 0 Å². The minimum absolute atomic E-state index is 0.0192. The molecule has 2 amide bonds. The second kappa shape index (κ2) is 10.5. The zero-order chi connectivity index (χ0) is 18.9. The number of urea groups is 1. The molecule has 7 heteroatoms. The number of ether oxygens (including phenoxy) is 2. The molecule has 1 aromatic carbocycles. The SMILES string of the molecule is CN(Cc1ccc(N2CCOCC2)cc1)C(=O)NCCCN1CCOCC1. The van der Waals surface area contributed by atoms with Gasteiger partial charge in [0.1, 0.15) is 0 Å². The lowest BCUT2D eigenvalue weighted by atomic mass is 10.2. The molecule has 1 aromatic rings. The summed E-state index contributed by atoms with van der Waals surface area (Å²) in [5.41, 5.74) is 2.36. The van der Waals surface area contributed by atoms with Crippen LogP contribution in [0.2, 0.25) is 0 Å². The molecule has 7 nitrogen and oxygen atoms in total. The number of carbonyl (C=O) groups excluding carboxylic acids is 1. The highest BCUT2D eigenvalue weighted by Crippen LogP contribution is 2.17. The van der Waals surface area contributed by atoms with Crippen molar-refractivity contribution < 1.29 is 14.3 Å². The Bertz CT molecular complexity index is 569. The Morgan fingerprint density at radius 2 is 1.67 bits per heavy atom. The molecule has 0 bridgehead atoms. The summed E-state index contributed by atoms with van der Waals surface area (Å²) in [6.07, 6.45) is 0.966. The van der Waals surface area contributed by atoms with Crippen LogP contribution in [0.15, 0.2) is 24.3 Å². The van der Waals surface area contributed by atoms with Crippen LogP contribution in [-0.2, 0) is 16.0 Å². The van der Waals surface area contributed by atoms with Crippen LogP contribution in [0, 0.1) is 0 Å². The molecule has 0 radical (unpaired) electrons. The van der Waals surface area contributed by atoms with Gasteiger partial charge in [-0.2, -0.15) is 0 Å². The standard InChI is InChI=1S/C20H32N4O3/c1-22(20(25)21-7-2-8-23-9-13-26-14-10-23)17-18-3-5-19(6-4-18)24-11-15-27-16-12-24/h3-6H,2,7-17H2,1H3,(H,21,25). The van der Waals surface area contributed by atoms with Gasteiger partial charge in [0.25, 0.3) is 0 Å². The van der Waals surface area contributed by atoms with Crippen LogP contribution in [0.4, 0.5) is 10.5 Å². The smallest absolute Gasteiger partial charge is 0.317 e. The summed E-state index contributed by atoms with van der Waals surface area (Å²) in [6, 6.07) is 8.46. The maximum absolute atomic E-state index is 12.3. The zero-order valence-corrected chi connectivity index (χ0v) is 16.4. The van der Waals surface area contributed by atoms with Crippen molar-refractivity contribution in [2.75, 3.05) is 77.6 Å². The number of hydrogen-bond acceptors (Lipinski definition) is 5. The van der Waals surface area contributed by atoms with Crippen LogP contribution in [0.25, 0.3) is 0 Å². The summed E-state index contributed by atoms with van der Waals surface area (Å²) in [5, 5.41) is 3.01. The van der Waals surface area contributed by atoms with Crippen molar-refractivity contribution in [3.63, 3.8) is 0 Å². The summed E-state index contributed by atoms with van der Waals surface area (Å²) >= 11 is 0. The third-order valence-corrected chi connectivity index (χ3v) is 5.11. The van der Waals surface area contributed by atoms with E-state index in [1.807, 2.05) is 7.05 Å². The molecule has 150 valence electrons. The number of rotatable bonds is 7. The molecule has 2 saturated heterocycles. The normalized spacial score (nSPS) is 18.3. The van der Waals surface area contributed by atoms with Gasteiger partial charge in [-0.15, -0.1) is 0 Å². The third kappa shape index (κ3) is 6.37. The molecule has 0 unspecified atom stereocenters. The van der Waals surface area contributed by atoms with Gasteiger partial charge in [-0.1, -0.05) is 12.1 Å². The van der Waals surface area contributed by atoms with Crippen LogP contribution in [0.1, 0.15) is 12.0 Å². The number of hydrogen-bond donors (Lipinski definition) is 1. The highest BCUT2D eigenvalue weighted by molar-refractivity contribution is 5.73. The number of nitrogens with one attached hydrogen (secondary N) is 1. The summed E-state index contributed by atoms with van der Waals surface area (Å²) in [6.45, 7) is 9.40. The fourth-order valence-electron chi connectivity index (χ4n) is 3.44. The van der Waals surface area contributed by atoms with E-state index < -0.39 is 0 Å². The van der Waals surface area contributed by atoms with E-state index in [0.29, 0.717) is 13.1 Å². The summed E-state index contributed by atoms with van der Waals surface area (Å²) in [4.78, 5) is 18.7. The molecule has 0 spiro atoms. The molecular weight excluding hydrogens is 344 g/mol. The first-order valence-electron chi connectivity index (χ1n) is 9.93. The minimum Gasteiger partial charge on any atom is -0.379 e. The van der Waals surface area contributed by atoms with Gasteiger partial charge in [0.05, 0.1) is 26.4 Å². The number of carbonyl (C=O) groups is 1. The first-order chi connectivity index (χ1) is 13.2. The molecule has 0 saturated carbocycles. The Kier molecular flexibility index (Phi) is 7.74. The van der Waals surface area contributed by atoms with E-state index in [9.17, 15) is 4.79 Å². The molecular formula is C20H32N4O3. The second-order valence-corrected chi connectivity index (χ2v) is 7.16. The van der Waals surface area contributed by atoms with Crippen molar-refractivity contribution in [3.8, 4) is 0 Å². The van der Waals surface area contributed by atoms with Gasteiger partial charge in [-0.25, -0.2) is 4.79 Å². The van der Waals surface area contributed by atoms with E-state index in [1.165, 1.54) is 5.69 Å². The summed E-state index contributed by atoms with van der Waals surface area (Å²) < 4.78 is 10.7. The first kappa shape index (κ1) is 19.9. The average molecular weight is 377 g/mol. The molecule has 2 heterocycles. The van der Waals surface area contributed by atoms with Crippen LogP contribution in [0.5, 0.6) is 0 Å². The van der Waals surface area contributed by atoms with Crippen molar-refractivity contribution in [1.29, 1.82) is 0 Å². The lowest BCUT2D eigenvalue weighted by Gasteiger charge is -2.29. The number of morpholine rings is 2. The first-order valence-corrected chi connectivity index (χ1v) is 9.93. The van der Waals surface area contributed by atoms with Crippen molar-refractivity contribution in [1.82, 2.24) is 15.1 Å². The van der Waals surface area contributed by atoms with Gasteiger partial charge < -0.3 is 24.6 Å². The van der Waals surface area contributed by atoms with Crippen LogP contribution in [-0.4, -0.2) is 88.6 Å². The number of nitrogens with zero attached hydrogens (tertiary/aromatic N) is 3. The van der Waals surface area contributed by atoms with Crippen LogP contribution < -0.4 is 10.2 Å². The van der Waals surface area contributed by atoms with Crippen molar-refractivity contribution in [2.45, 2.75) is 13.0 Å². The Morgan fingerprint density at radius 1 is 1.04 bits per heavy atom. The number of amides is 2. The van der Waals surface area contributed by atoms with E-state index in [-0.39, 0.29) is 6.03 Å². The predicted molar refractivity (Wildman–Crippen MR) is 106 cm³/mol. The Morgan fingerprint density at radius 3 is 2.33 bits per heavy atom. The lowest BCUT2D eigenvalue weighted by Crippen LogP contribution is -2.40.